The summed E-state index contributed by atoms with van der Waals surface area (Å²) in [5.74, 6) is 0.00488. The summed E-state index contributed by atoms with van der Waals surface area (Å²) in [5.41, 5.74) is 2.16. The summed E-state index contributed by atoms with van der Waals surface area (Å²) in [7, 11) is 0. The molecule has 1 N–H and O–H groups in total. The Morgan fingerprint density at radius 3 is 2.11 bits per heavy atom. The lowest BCUT2D eigenvalue weighted by atomic mass is 9.89. The van der Waals surface area contributed by atoms with Gasteiger partial charge >= 0.3 is 0 Å². The third kappa shape index (κ3) is 4.45. The van der Waals surface area contributed by atoms with Crippen LogP contribution in [-0.4, -0.2) is 61.0 Å². The maximum Gasteiger partial charge on any atom is 0.234 e. The van der Waals surface area contributed by atoms with Crippen molar-refractivity contribution in [1.29, 1.82) is 0 Å². The van der Waals surface area contributed by atoms with Crippen LogP contribution in [0.1, 0.15) is 36.3 Å². The van der Waals surface area contributed by atoms with Crippen molar-refractivity contribution in [3.8, 4) is 0 Å². The van der Waals surface area contributed by atoms with Crippen LogP contribution in [0.25, 0.3) is 0 Å². The fraction of sp³-hybridized carbons (Fsp3) is 0.458. The van der Waals surface area contributed by atoms with Crippen LogP contribution in [0.4, 0.5) is 0 Å². The predicted octanol–water partition coefficient (Wildman–Crippen LogP) is 3.10. The lowest BCUT2D eigenvalue weighted by Crippen LogP contribution is -2.58. The SMILES string of the molecule is O=C(C(c1ccccc1)c1ccccc1)N1CCNC[C@H]1CN1CCCCC1. The van der Waals surface area contributed by atoms with Gasteiger partial charge in [0.15, 0.2) is 0 Å². The van der Waals surface area contributed by atoms with E-state index >= 15 is 0 Å². The second-order valence-corrected chi connectivity index (χ2v) is 8.01. The molecule has 0 unspecified atom stereocenters. The predicted molar refractivity (Wildman–Crippen MR) is 113 cm³/mol. The number of hydrogen-bond acceptors (Lipinski definition) is 3. The maximum absolute atomic E-state index is 13.8. The zero-order chi connectivity index (χ0) is 19.2. The Bertz CT molecular complexity index is 703. The number of nitrogens with one attached hydrogen (secondary N) is 1. The van der Waals surface area contributed by atoms with Gasteiger partial charge in [-0.05, 0) is 37.1 Å². The number of piperazine rings is 1. The Morgan fingerprint density at radius 2 is 1.50 bits per heavy atom. The first-order chi connectivity index (χ1) is 13.8. The van der Waals surface area contributed by atoms with E-state index in [0.717, 1.165) is 37.3 Å². The second-order valence-electron chi connectivity index (χ2n) is 8.01. The lowest BCUT2D eigenvalue weighted by molar-refractivity contribution is -0.135. The Hall–Kier alpha value is -2.17. The minimum absolute atomic E-state index is 0.232. The van der Waals surface area contributed by atoms with E-state index in [4.69, 9.17) is 0 Å². The number of amides is 1. The molecule has 28 heavy (non-hydrogen) atoms. The molecule has 148 valence electrons. The molecular formula is C24H31N3O. The van der Waals surface area contributed by atoms with Gasteiger partial charge in [-0.2, -0.15) is 0 Å². The number of benzene rings is 2. The smallest absolute Gasteiger partial charge is 0.234 e. The normalized spacial score (nSPS) is 21.0. The second kappa shape index (κ2) is 9.35. The third-order valence-electron chi connectivity index (χ3n) is 6.06. The van der Waals surface area contributed by atoms with Crippen LogP contribution in [0.5, 0.6) is 0 Å². The molecule has 1 atom stereocenters. The highest BCUT2D eigenvalue weighted by molar-refractivity contribution is 5.87. The van der Waals surface area contributed by atoms with Gasteiger partial charge in [-0.3, -0.25) is 4.79 Å². The molecule has 4 heteroatoms. The highest BCUT2D eigenvalue weighted by Gasteiger charge is 2.34. The number of piperidine rings is 1. The highest BCUT2D eigenvalue weighted by Crippen LogP contribution is 2.28. The third-order valence-corrected chi connectivity index (χ3v) is 6.06. The van der Waals surface area contributed by atoms with E-state index in [2.05, 4.69) is 39.4 Å². The monoisotopic (exact) mass is 377 g/mol. The van der Waals surface area contributed by atoms with E-state index < -0.39 is 0 Å². The van der Waals surface area contributed by atoms with Gasteiger partial charge < -0.3 is 15.1 Å². The highest BCUT2D eigenvalue weighted by atomic mass is 16.2. The van der Waals surface area contributed by atoms with E-state index in [1.165, 1.54) is 32.4 Å². The zero-order valence-electron chi connectivity index (χ0n) is 16.6. The molecule has 2 aliphatic heterocycles. The average Bonchev–Trinajstić information content (AvgIpc) is 2.76. The molecule has 0 aliphatic carbocycles. The average molecular weight is 378 g/mol. The summed E-state index contributed by atoms with van der Waals surface area (Å²) >= 11 is 0. The van der Waals surface area contributed by atoms with Gasteiger partial charge in [0.25, 0.3) is 0 Å². The van der Waals surface area contributed by atoms with Crippen molar-refractivity contribution in [2.75, 3.05) is 39.3 Å². The van der Waals surface area contributed by atoms with Crippen LogP contribution in [0.2, 0.25) is 0 Å². The molecule has 1 amide bonds. The van der Waals surface area contributed by atoms with Crippen molar-refractivity contribution in [1.82, 2.24) is 15.1 Å². The summed E-state index contributed by atoms with van der Waals surface area (Å²) in [5, 5.41) is 3.51. The number of hydrogen-bond donors (Lipinski definition) is 1. The van der Waals surface area contributed by atoms with Crippen molar-refractivity contribution in [2.45, 2.75) is 31.2 Å². The van der Waals surface area contributed by atoms with Gasteiger partial charge in [0, 0.05) is 26.2 Å². The minimum atomic E-state index is -0.232. The van der Waals surface area contributed by atoms with Crippen molar-refractivity contribution >= 4 is 5.91 Å². The fourth-order valence-corrected chi connectivity index (χ4v) is 4.59. The maximum atomic E-state index is 13.8. The number of nitrogens with zero attached hydrogens (tertiary/aromatic N) is 2. The Morgan fingerprint density at radius 1 is 0.893 bits per heavy atom. The molecule has 0 radical (unpaired) electrons. The summed E-state index contributed by atoms with van der Waals surface area (Å²) in [6.45, 7) is 5.86. The standard InChI is InChI=1S/C24H31N3O/c28-24(23(20-10-4-1-5-11-20)21-12-6-2-7-13-21)27-17-14-25-18-22(27)19-26-15-8-3-9-16-26/h1-2,4-7,10-13,22-23,25H,3,8-9,14-19H2/t22-/m0/s1. The van der Waals surface area contributed by atoms with Crippen LogP contribution in [-0.2, 0) is 4.79 Å². The molecule has 4 nitrogen and oxygen atoms in total. The molecule has 0 aromatic heterocycles. The van der Waals surface area contributed by atoms with Gasteiger partial charge in [0.05, 0.1) is 12.0 Å². The molecule has 2 aliphatic rings. The van der Waals surface area contributed by atoms with Crippen LogP contribution in [0, 0.1) is 0 Å². The number of rotatable bonds is 5. The Kier molecular flexibility index (Phi) is 6.40. The largest absolute Gasteiger partial charge is 0.335 e. The van der Waals surface area contributed by atoms with E-state index in [1.54, 1.807) is 0 Å². The molecule has 0 spiro atoms. The Labute approximate surface area is 168 Å². The molecule has 2 heterocycles. The van der Waals surface area contributed by atoms with Crippen molar-refractivity contribution in [2.24, 2.45) is 0 Å². The van der Waals surface area contributed by atoms with Gasteiger partial charge in [-0.25, -0.2) is 0 Å². The molecule has 2 fully saturated rings. The van der Waals surface area contributed by atoms with E-state index in [0.29, 0.717) is 0 Å². The number of carbonyl (C=O) groups is 1. The van der Waals surface area contributed by atoms with Crippen LogP contribution < -0.4 is 5.32 Å². The molecule has 4 rings (SSSR count). The van der Waals surface area contributed by atoms with Crippen LogP contribution in [0.3, 0.4) is 0 Å². The first kappa shape index (κ1) is 19.2. The number of likely N-dealkylation sites (tertiary alicyclic amines) is 1. The fourth-order valence-electron chi connectivity index (χ4n) is 4.59. The molecule has 0 saturated carbocycles. The van der Waals surface area contributed by atoms with E-state index in [9.17, 15) is 4.79 Å². The van der Waals surface area contributed by atoms with Crippen molar-refractivity contribution in [3.05, 3.63) is 71.8 Å². The topological polar surface area (TPSA) is 35.6 Å². The van der Waals surface area contributed by atoms with Crippen molar-refractivity contribution in [3.63, 3.8) is 0 Å². The molecule has 2 saturated heterocycles. The molecule has 2 aromatic rings. The Balaban J connectivity index is 1.59. The first-order valence-corrected chi connectivity index (χ1v) is 10.7. The minimum Gasteiger partial charge on any atom is -0.335 e. The summed E-state index contributed by atoms with van der Waals surface area (Å²) in [6.07, 6.45) is 3.90. The number of carbonyl (C=O) groups excluding carboxylic acids is 1. The van der Waals surface area contributed by atoms with Gasteiger partial charge in [-0.15, -0.1) is 0 Å². The van der Waals surface area contributed by atoms with Gasteiger partial charge in [0.2, 0.25) is 5.91 Å². The molecule has 2 aromatic carbocycles. The zero-order valence-corrected chi connectivity index (χ0v) is 16.6. The van der Waals surface area contributed by atoms with Gasteiger partial charge in [0.1, 0.15) is 0 Å². The quantitative estimate of drug-likeness (QED) is 0.870. The summed E-state index contributed by atoms with van der Waals surface area (Å²) < 4.78 is 0. The van der Waals surface area contributed by atoms with E-state index in [-0.39, 0.29) is 17.9 Å². The first-order valence-electron chi connectivity index (χ1n) is 10.7. The van der Waals surface area contributed by atoms with Gasteiger partial charge in [-0.1, -0.05) is 67.1 Å². The van der Waals surface area contributed by atoms with Crippen molar-refractivity contribution < 1.29 is 4.79 Å². The molecular weight excluding hydrogens is 346 g/mol. The molecule has 0 bridgehead atoms. The van der Waals surface area contributed by atoms with Crippen LogP contribution >= 0.6 is 0 Å². The van der Waals surface area contributed by atoms with Crippen LogP contribution in [0.15, 0.2) is 60.7 Å². The van der Waals surface area contributed by atoms with E-state index in [1.807, 2.05) is 36.4 Å². The summed E-state index contributed by atoms with van der Waals surface area (Å²) in [4.78, 5) is 18.5. The lowest BCUT2D eigenvalue weighted by Gasteiger charge is -2.41. The summed E-state index contributed by atoms with van der Waals surface area (Å²) in [6, 6.07) is 20.7.